The van der Waals surface area contributed by atoms with Crippen molar-refractivity contribution in [1.82, 2.24) is 0 Å². The van der Waals surface area contributed by atoms with Gasteiger partial charge in [-0.3, -0.25) is 4.18 Å². The van der Waals surface area contributed by atoms with Crippen molar-refractivity contribution in [2.24, 2.45) is 0 Å². The molecule has 0 spiro atoms. The molecule has 100 valence electrons. The summed E-state index contributed by atoms with van der Waals surface area (Å²) >= 11 is 0. The summed E-state index contributed by atoms with van der Waals surface area (Å²) in [6.45, 7) is 2.23. The van der Waals surface area contributed by atoms with Gasteiger partial charge in [-0.15, -0.1) is 0 Å². The molecule has 2 rings (SSSR count). The Morgan fingerprint density at radius 1 is 1.05 bits per heavy atom. The van der Waals surface area contributed by atoms with Gasteiger partial charge in [0.2, 0.25) is 0 Å². The fourth-order valence-corrected chi connectivity index (χ4v) is 2.95. The van der Waals surface area contributed by atoms with Crippen molar-refractivity contribution < 1.29 is 12.6 Å². The molecule has 3 nitrogen and oxygen atoms in total. The average Bonchev–Trinajstić information content (AvgIpc) is 2.38. The molecular formula is C14H18CaO3S. The standard InChI is InChI=1S/C14H16O3S.Ca.2H/c1-2-3-11-17-18(15,16)14-10-6-8-12-7-4-5-9-13(12)14;;;/h4-10H,2-3,11H2,1H3;;;. The Kier molecular flexibility index (Phi) is 6.77. The van der Waals surface area contributed by atoms with Crippen LogP contribution in [0.25, 0.3) is 10.8 Å². The van der Waals surface area contributed by atoms with Gasteiger partial charge >= 0.3 is 37.7 Å². The van der Waals surface area contributed by atoms with Crippen LogP contribution in [0.3, 0.4) is 0 Å². The summed E-state index contributed by atoms with van der Waals surface area (Å²) < 4.78 is 29.2. The third kappa shape index (κ3) is 4.17. The topological polar surface area (TPSA) is 43.4 Å². The van der Waals surface area contributed by atoms with Crippen molar-refractivity contribution >= 4 is 58.6 Å². The summed E-state index contributed by atoms with van der Waals surface area (Å²) in [4.78, 5) is 0.247. The van der Waals surface area contributed by atoms with E-state index in [2.05, 4.69) is 0 Å². The molecule has 0 bridgehead atoms. The van der Waals surface area contributed by atoms with Crippen LogP contribution in [0.15, 0.2) is 47.4 Å². The Balaban J connectivity index is 0.00000180. The summed E-state index contributed by atoms with van der Waals surface area (Å²) in [5.41, 5.74) is 0. The molecule has 0 aliphatic carbocycles. The molecule has 2 aromatic carbocycles. The summed E-state index contributed by atoms with van der Waals surface area (Å²) in [6, 6.07) is 12.6. The SMILES string of the molecule is CCCCOS(=O)(=O)c1cccc2ccccc12.[CaH2]. The fraction of sp³-hybridized carbons (Fsp3) is 0.286. The Bertz CT molecular complexity index is 633. The predicted octanol–water partition coefficient (Wildman–Crippen LogP) is 2.43. The molecule has 0 aromatic heterocycles. The molecule has 0 saturated carbocycles. The van der Waals surface area contributed by atoms with Gasteiger partial charge < -0.3 is 0 Å². The van der Waals surface area contributed by atoms with Crippen molar-refractivity contribution in [3.8, 4) is 0 Å². The number of hydrogen-bond donors (Lipinski definition) is 0. The van der Waals surface area contributed by atoms with E-state index in [9.17, 15) is 8.42 Å². The molecule has 0 radical (unpaired) electrons. The zero-order valence-corrected chi connectivity index (χ0v) is 11.1. The molecular weight excluding hydrogens is 288 g/mol. The second-order valence-corrected chi connectivity index (χ2v) is 5.69. The molecule has 0 unspecified atom stereocenters. The third-order valence-corrected chi connectivity index (χ3v) is 4.13. The van der Waals surface area contributed by atoms with Crippen LogP contribution in [0.4, 0.5) is 0 Å². The first kappa shape index (κ1) is 16.9. The van der Waals surface area contributed by atoms with Crippen LogP contribution >= 0.6 is 0 Å². The van der Waals surface area contributed by atoms with Crippen LogP contribution in [0.2, 0.25) is 0 Å². The third-order valence-electron chi connectivity index (χ3n) is 2.76. The van der Waals surface area contributed by atoms with Gasteiger partial charge in [-0.25, -0.2) is 0 Å². The summed E-state index contributed by atoms with van der Waals surface area (Å²) in [5, 5.41) is 1.61. The van der Waals surface area contributed by atoms with Gasteiger partial charge in [0.15, 0.2) is 0 Å². The van der Waals surface area contributed by atoms with Crippen LogP contribution in [0.5, 0.6) is 0 Å². The average molecular weight is 306 g/mol. The molecule has 0 heterocycles. The van der Waals surface area contributed by atoms with Crippen LogP contribution in [-0.4, -0.2) is 52.8 Å². The van der Waals surface area contributed by atoms with Gasteiger partial charge in [0.1, 0.15) is 4.90 Å². The van der Waals surface area contributed by atoms with Gasteiger partial charge in [0.25, 0.3) is 10.1 Å². The Morgan fingerprint density at radius 3 is 2.47 bits per heavy atom. The molecule has 0 aliphatic rings. The number of fused-ring (bicyclic) bond motifs is 1. The fourth-order valence-electron chi connectivity index (χ4n) is 1.79. The Morgan fingerprint density at radius 2 is 1.74 bits per heavy atom. The normalized spacial score (nSPS) is 11.2. The quantitative estimate of drug-likeness (QED) is 0.484. The van der Waals surface area contributed by atoms with Gasteiger partial charge in [0, 0.05) is 5.39 Å². The van der Waals surface area contributed by atoms with Crippen LogP contribution in [0.1, 0.15) is 19.8 Å². The Labute approximate surface area is 144 Å². The molecule has 0 N–H and O–H groups in total. The molecule has 0 fully saturated rings. The van der Waals surface area contributed by atoms with Crippen molar-refractivity contribution in [1.29, 1.82) is 0 Å². The zero-order valence-electron chi connectivity index (χ0n) is 10.3. The molecule has 19 heavy (non-hydrogen) atoms. The summed E-state index contributed by atoms with van der Waals surface area (Å²) in [6.07, 6.45) is 1.65. The minimum absolute atomic E-state index is 0. The van der Waals surface area contributed by atoms with Gasteiger partial charge in [-0.2, -0.15) is 8.42 Å². The molecule has 0 saturated heterocycles. The number of benzene rings is 2. The molecule has 0 atom stereocenters. The van der Waals surface area contributed by atoms with Crippen LogP contribution < -0.4 is 0 Å². The predicted molar refractivity (Wildman–Crippen MR) is 80.5 cm³/mol. The van der Waals surface area contributed by atoms with Crippen LogP contribution in [-0.2, 0) is 14.3 Å². The molecule has 0 aliphatic heterocycles. The van der Waals surface area contributed by atoms with Gasteiger partial charge in [0.05, 0.1) is 6.61 Å². The van der Waals surface area contributed by atoms with Crippen LogP contribution in [0, 0.1) is 0 Å². The number of rotatable bonds is 5. The second kappa shape index (κ2) is 7.60. The van der Waals surface area contributed by atoms with E-state index in [0.29, 0.717) is 5.39 Å². The first-order valence-electron chi connectivity index (χ1n) is 6.02. The summed E-state index contributed by atoms with van der Waals surface area (Å²) in [7, 11) is -3.66. The van der Waals surface area contributed by atoms with Gasteiger partial charge in [-0.1, -0.05) is 49.7 Å². The van der Waals surface area contributed by atoms with Crippen molar-refractivity contribution in [3.63, 3.8) is 0 Å². The van der Waals surface area contributed by atoms with E-state index >= 15 is 0 Å². The monoisotopic (exact) mass is 306 g/mol. The van der Waals surface area contributed by atoms with E-state index in [-0.39, 0.29) is 49.2 Å². The molecule has 2 aromatic rings. The van der Waals surface area contributed by atoms with Crippen molar-refractivity contribution in [2.75, 3.05) is 6.61 Å². The van der Waals surface area contributed by atoms with E-state index in [1.807, 2.05) is 31.2 Å². The molecule has 0 amide bonds. The van der Waals surface area contributed by atoms with E-state index in [4.69, 9.17) is 4.18 Å². The van der Waals surface area contributed by atoms with E-state index in [0.717, 1.165) is 18.2 Å². The van der Waals surface area contributed by atoms with E-state index in [1.165, 1.54) is 0 Å². The first-order chi connectivity index (χ1) is 8.65. The van der Waals surface area contributed by atoms with E-state index < -0.39 is 10.1 Å². The minimum atomic E-state index is -3.66. The summed E-state index contributed by atoms with van der Waals surface area (Å²) in [5.74, 6) is 0. The second-order valence-electron chi connectivity index (χ2n) is 4.11. The van der Waals surface area contributed by atoms with Crippen molar-refractivity contribution in [2.45, 2.75) is 24.7 Å². The number of hydrogen-bond acceptors (Lipinski definition) is 3. The number of unbranched alkanes of at least 4 members (excludes halogenated alkanes) is 1. The zero-order chi connectivity index (χ0) is 13.0. The van der Waals surface area contributed by atoms with Gasteiger partial charge in [-0.05, 0) is 17.9 Å². The first-order valence-corrected chi connectivity index (χ1v) is 7.43. The molecule has 5 heteroatoms. The maximum atomic E-state index is 12.1. The van der Waals surface area contributed by atoms with E-state index in [1.54, 1.807) is 18.2 Å². The maximum absolute atomic E-state index is 12.1. The van der Waals surface area contributed by atoms with Crippen molar-refractivity contribution in [3.05, 3.63) is 42.5 Å². The Hall–Kier alpha value is -0.130.